The number of carbonyl (C=O) groups excluding carboxylic acids is 2. The minimum absolute atomic E-state index is 0.172. The molecule has 0 aromatic carbocycles. The number of aliphatic hydroxyl groups excluding tert-OH is 2. The molecule has 0 bridgehead atoms. The second kappa shape index (κ2) is 36.7. The van der Waals surface area contributed by atoms with Crippen LogP contribution in [0.5, 0.6) is 0 Å². The second-order valence-corrected chi connectivity index (χ2v) is 15.9. The molecule has 11 heteroatoms. The highest BCUT2D eigenvalue weighted by Crippen LogP contribution is 2.36. The lowest BCUT2D eigenvalue weighted by Crippen LogP contribution is -2.29. The van der Waals surface area contributed by atoms with Crippen molar-refractivity contribution in [3.05, 3.63) is 12.2 Å². The Labute approximate surface area is 317 Å². The SMILES string of the molecule is CCCCC/C=C\C[C@@H](O)[C@H](O)CCCCCCCC(=O)OC[C@H](COP(=O)(O)O)OC(=O)CCCCCCCCCCCCCCCCCCC. The predicted molar refractivity (Wildman–Crippen MR) is 210 cm³/mol. The molecule has 0 aromatic rings. The number of ether oxygens (including phenoxy) is 2. The van der Waals surface area contributed by atoms with E-state index in [0.717, 1.165) is 57.8 Å². The van der Waals surface area contributed by atoms with Crippen LogP contribution < -0.4 is 0 Å². The first kappa shape index (κ1) is 50.7. The molecule has 0 unspecified atom stereocenters. The smallest absolute Gasteiger partial charge is 0.462 e. The molecule has 0 saturated carbocycles. The Balaban J connectivity index is 4.00. The van der Waals surface area contributed by atoms with E-state index < -0.39 is 44.7 Å². The van der Waals surface area contributed by atoms with Gasteiger partial charge in [-0.3, -0.25) is 14.1 Å². The second-order valence-electron chi connectivity index (χ2n) is 14.6. The Hall–Kier alpha value is -1.29. The summed E-state index contributed by atoms with van der Waals surface area (Å²) < 4.78 is 26.3. The van der Waals surface area contributed by atoms with E-state index in [1.54, 1.807) is 0 Å². The van der Waals surface area contributed by atoms with Crippen molar-refractivity contribution in [1.29, 1.82) is 0 Å². The number of esters is 2. The van der Waals surface area contributed by atoms with Crippen LogP contribution in [0.4, 0.5) is 0 Å². The molecule has 0 aliphatic heterocycles. The van der Waals surface area contributed by atoms with E-state index in [1.807, 2.05) is 6.08 Å². The molecule has 0 spiro atoms. The lowest BCUT2D eigenvalue weighted by Gasteiger charge is -2.18. The van der Waals surface area contributed by atoms with Gasteiger partial charge in [0.05, 0.1) is 18.8 Å². The van der Waals surface area contributed by atoms with Crippen LogP contribution >= 0.6 is 7.82 Å². The standard InChI is InChI=1S/C41H79O10P/c1-3-5-7-9-11-12-13-14-15-16-17-18-19-20-21-25-30-34-41(45)51-37(36-50-52(46,47)48)35-49-40(44)33-29-26-22-24-28-32-39(43)38(42)31-27-23-10-8-6-4-2/h23,27,37-39,42-43H,3-22,24-26,28-36H2,1-2H3,(H2,46,47,48)/b27-23-/t37-,38-,39-/m1/s1. The molecule has 10 nitrogen and oxygen atoms in total. The normalized spacial score (nSPS) is 13.7. The molecular weight excluding hydrogens is 683 g/mol. The van der Waals surface area contributed by atoms with Crippen LogP contribution in [-0.2, 0) is 28.2 Å². The Bertz CT molecular complexity index is 893. The van der Waals surface area contributed by atoms with Crippen molar-refractivity contribution in [1.82, 2.24) is 0 Å². The largest absolute Gasteiger partial charge is 0.469 e. The fourth-order valence-corrected chi connectivity index (χ4v) is 6.52. The maximum atomic E-state index is 12.4. The molecule has 0 saturated heterocycles. The highest BCUT2D eigenvalue weighted by atomic mass is 31.2. The number of hydrogen-bond donors (Lipinski definition) is 4. The van der Waals surface area contributed by atoms with Gasteiger partial charge in [0.25, 0.3) is 0 Å². The third-order valence-corrected chi connectivity index (χ3v) is 9.97. The highest BCUT2D eigenvalue weighted by Gasteiger charge is 2.23. The Morgan fingerprint density at radius 2 is 1.00 bits per heavy atom. The number of aliphatic hydroxyl groups is 2. The first-order valence-corrected chi connectivity index (χ1v) is 22.7. The fraction of sp³-hybridized carbons (Fsp3) is 0.902. The molecule has 0 rings (SSSR count). The van der Waals surface area contributed by atoms with Crippen LogP contribution in [0.25, 0.3) is 0 Å². The molecule has 0 aliphatic carbocycles. The zero-order chi connectivity index (χ0) is 38.5. The van der Waals surface area contributed by atoms with Gasteiger partial charge in [0, 0.05) is 12.8 Å². The van der Waals surface area contributed by atoms with Gasteiger partial charge in [0.15, 0.2) is 6.10 Å². The quantitative estimate of drug-likeness (QED) is 0.0205. The van der Waals surface area contributed by atoms with E-state index in [1.165, 1.54) is 96.3 Å². The van der Waals surface area contributed by atoms with Gasteiger partial charge < -0.3 is 29.5 Å². The summed E-state index contributed by atoms with van der Waals surface area (Å²) >= 11 is 0. The summed E-state index contributed by atoms with van der Waals surface area (Å²) in [5, 5.41) is 20.3. The molecule has 0 amide bonds. The van der Waals surface area contributed by atoms with E-state index >= 15 is 0 Å². The molecule has 3 atom stereocenters. The van der Waals surface area contributed by atoms with Crippen molar-refractivity contribution in [2.24, 2.45) is 0 Å². The molecule has 0 aliphatic rings. The molecule has 0 aromatic heterocycles. The average molecular weight is 763 g/mol. The summed E-state index contributed by atoms with van der Waals surface area (Å²) in [6.07, 6.45) is 32.4. The molecule has 4 N–H and O–H groups in total. The number of allylic oxidation sites excluding steroid dienone is 1. The van der Waals surface area contributed by atoms with Crippen LogP contribution in [0, 0.1) is 0 Å². The van der Waals surface area contributed by atoms with Crippen LogP contribution in [0.3, 0.4) is 0 Å². The number of phosphoric acid groups is 1. The van der Waals surface area contributed by atoms with Crippen molar-refractivity contribution < 1.29 is 48.2 Å². The molecule has 52 heavy (non-hydrogen) atoms. The zero-order valence-electron chi connectivity index (χ0n) is 33.2. The van der Waals surface area contributed by atoms with Crippen LogP contribution in [0.15, 0.2) is 12.2 Å². The van der Waals surface area contributed by atoms with E-state index in [9.17, 15) is 24.4 Å². The lowest BCUT2D eigenvalue weighted by atomic mass is 10.0. The van der Waals surface area contributed by atoms with Crippen LogP contribution in [0.2, 0.25) is 0 Å². The first-order chi connectivity index (χ1) is 25.1. The lowest BCUT2D eigenvalue weighted by molar-refractivity contribution is -0.161. The molecule has 308 valence electrons. The Morgan fingerprint density at radius 1 is 0.558 bits per heavy atom. The molecule has 0 fully saturated rings. The van der Waals surface area contributed by atoms with Gasteiger partial charge in [-0.1, -0.05) is 167 Å². The van der Waals surface area contributed by atoms with Crippen molar-refractivity contribution >= 4 is 19.8 Å². The van der Waals surface area contributed by atoms with Gasteiger partial charge in [-0.05, 0) is 38.5 Å². The van der Waals surface area contributed by atoms with Crippen molar-refractivity contribution in [3.8, 4) is 0 Å². The summed E-state index contributed by atoms with van der Waals surface area (Å²) in [6.45, 7) is 3.51. The van der Waals surface area contributed by atoms with Crippen LogP contribution in [-0.4, -0.2) is 63.5 Å². The van der Waals surface area contributed by atoms with E-state index in [4.69, 9.17) is 19.3 Å². The summed E-state index contributed by atoms with van der Waals surface area (Å²) in [4.78, 5) is 42.8. The predicted octanol–water partition coefficient (Wildman–Crippen LogP) is 10.6. The third-order valence-electron chi connectivity index (χ3n) is 9.48. The fourth-order valence-electron chi connectivity index (χ4n) is 6.16. The first-order valence-electron chi connectivity index (χ1n) is 21.1. The monoisotopic (exact) mass is 763 g/mol. The van der Waals surface area contributed by atoms with E-state index in [-0.39, 0.29) is 19.4 Å². The minimum atomic E-state index is -4.78. The third kappa shape index (κ3) is 37.0. The maximum Gasteiger partial charge on any atom is 0.469 e. The minimum Gasteiger partial charge on any atom is -0.462 e. The van der Waals surface area contributed by atoms with Gasteiger partial charge in [-0.15, -0.1) is 0 Å². The number of rotatable bonds is 39. The maximum absolute atomic E-state index is 12.4. The zero-order valence-corrected chi connectivity index (χ0v) is 34.1. The average Bonchev–Trinajstić information content (AvgIpc) is 3.11. The topological polar surface area (TPSA) is 160 Å². The van der Waals surface area contributed by atoms with E-state index in [0.29, 0.717) is 25.7 Å². The van der Waals surface area contributed by atoms with Crippen molar-refractivity contribution in [2.75, 3.05) is 13.2 Å². The number of phosphoric ester groups is 1. The Kier molecular flexibility index (Phi) is 35.8. The van der Waals surface area contributed by atoms with Gasteiger partial charge >= 0.3 is 19.8 Å². The molecular formula is C41H79O10P. The molecule has 0 heterocycles. The summed E-state index contributed by atoms with van der Waals surface area (Å²) in [5.74, 6) is -0.987. The van der Waals surface area contributed by atoms with Crippen molar-refractivity contribution in [3.63, 3.8) is 0 Å². The number of carbonyl (C=O) groups is 2. The van der Waals surface area contributed by atoms with Gasteiger partial charge in [-0.25, -0.2) is 4.57 Å². The van der Waals surface area contributed by atoms with Gasteiger partial charge in [0.1, 0.15) is 6.61 Å². The number of unbranched alkanes of at least 4 members (excludes halogenated alkanes) is 23. The summed E-state index contributed by atoms with van der Waals surface area (Å²) in [5.41, 5.74) is 0. The van der Waals surface area contributed by atoms with E-state index in [2.05, 4.69) is 24.4 Å². The molecule has 0 radical (unpaired) electrons. The number of hydrogen-bond acceptors (Lipinski definition) is 8. The Morgan fingerprint density at radius 3 is 1.50 bits per heavy atom. The highest BCUT2D eigenvalue weighted by molar-refractivity contribution is 7.46. The summed E-state index contributed by atoms with van der Waals surface area (Å²) in [6, 6.07) is 0. The van der Waals surface area contributed by atoms with Gasteiger partial charge in [0.2, 0.25) is 0 Å². The van der Waals surface area contributed by atoms with Crippen LogP contribution in [0.1, 0.15) is 206 Å². The summed E-state index contributed by atoms with van der Waals surface area (Å²) in [7, 11) is -4.78. The van der Waals surface area contributed by atoms with Crippen molar-refractivity contribution in [2.45, 2.75) is 225 Å². The van der Waals surface area contributed by atoms with Gasteiger partial charge in [-0.2, -0.15) is 0 Å².